The molecule has 5 nitrogen and oxygen atoms in total. The fraction of sp³-hybridized carbons (Fsp3) is 0.0909. The summed E-state index contributed by atoms with van der Waals surface area (Å²) in [6.07, 6.45) is 4.57. The maximum atomic E-state index is 11.6. The summed E-state index contributed by atoms with van der Waals surface area (Å²) in [4.78, 5) is 11.6. The smallest absolute Gasteiger partial charge is 0.265 e. The molecule has 1 aromatic carbocycles. The molecule has 6 heteroatoms. The third-order valence-corrected chi connectivity index (χ3v) is 2.63. The largest absolute Gasteiger partial charge is 0.293 e. The van der Waals surface area contributed by atoms with Gasteiger partial charge in [-0.05, 0) is 11.8 Å². The quantitative estimate of drug-likeness (QED) is 0.604. The summed E-state index contributed by atoms with van der Waals surface area (Å²) < 4.78 is 1.23. The zero-order valence-electron chi connectivity index (χ0n) is 9.15. The highest BCUT2D eigenvalue weighted by molar-refractivity contribution is 7.98. The second-order valence-electron chi connectivity index (χ2n) is 3.14. The molecule has 17 heavy (non-hydrogen) atoms. The lowest BCUT2D eigenvalue weighted by Gasteiger charge is -2.01. The average Bonchev–Trinajstić information content (AvgIpc) is 2.38. The zero-order valence-corrected chi connectivity index (χ0v) is 9.96. The van der Waals surface area contributed by atoms with Crippen molar-refractivity contribution in [2.24, 2.45) is 5.10 Å². The molecule has 0 saturated heterocycles. The van der Waals surface area contributed by atoms with Crippen LogP contribution in [0, 0.1) is 0 Å². The summed E-state index contributed by atoms with van der Waals surface area (Å²) in [5.41, 5.74) is 0.625. The van der Waals surface area contributed by atoms with Gasteiger partial charge in [0.15, 0.2) is 0 Å². The van der Waals surface area contributed by atoms with Crippen molar-refractivity contribution in [2.45, 2.75) is 5.16 Å². The van der Waals surface area contributed by atoms with Crippen LogP contribution >= 0.6 is 11.8 Å². The van der Waals surface area contributed by atoms with E-state index in [0.29, 0.717) is 5.16 Å². The van der Waals surface area contributed by atoms with Gasteiger partial charge in [-0.1, -0.05) is 42.1 Å². The molecule has 0 radical (unpaired) electrons. The second-order valence-corrected chi connectivity index (χ2v) is 3.91. The molecule has 0 aliphatic heterocycles. The Hall–Kier alpha value is -1.95. The molecule has 1 aromatic heterocycles. The molecule has 2 aromatic rings. The Labute approximate surface area is 102 Å². The van der Waals surface area contributed by atoms with Gasteiger partial charge in [-0.2, -0.15) is 14.9 Å². The van der Waals surface area contributed by atoms with Crippen molar-refractivity contribution in [3.05, 3.63) is 52.4 Å². The standard InChI is InChI=1S/C11H10N4OS/c1-17-11-14-12-8-10(16)15(11)13-7-9-5-3-2-4-6-9/h2-8H,1H3. The van der Waals surface area contributed by atoms with Crippen LogP contribution in [0.15, 0.2) is 51.6 Å². The van der Waals surface area contributed by atoms with E-state index in [2.05, 4.69) is 15.3 Å². The van der Waals surface area contributed by atoms with Gasteiger partial charge >= 0.3 is 0 Å². The first kappa shape index (κ1) is 11.5. The molecule has 86 valence electrons. The molecule has 0 bridgehead atoms. The van der Waals surface area contributed by atoms with Gasteiger partial charge < -0.3 is 0 Å². The van der Waals surface area contributed by atoms with E-state index in [1.54, 1.807) is 6.21 Å². The third-order valence-electron chi connectivity index (χ3n) is 2.01. The molecular formula is C11H10N4OS. The highest BCUT2D eigenvalue weighted by Gasteiger charge is 2.02. The van der Waals surface area contributed by atoms with E-state index in [1.807, 2.05) is 36.6 Å². The van der Waals surface area contributed by atoms with E-state index in [4.69, 9.17) is 0 Å². The van der Waals surface area contributed by atoms with Gasteiger partial charge in [0.2, 0.25) is 5.16 Å². The first-order chi connectivity index (χ1) is 8.31. The number of thioether (sulfide) groups is 1. The van der Waals surface area contributed by atoms with Gasteiger partial charge in [-0.15, -0.1) is 5.10 Å². The number of hydrogen-bond donors (Lipinski definition) is 0. The fourth-order valence-corrected chi connectivity index (χ4v) is 1.65. The van der Waals surface area contributed by atoms with Crippen LogP contribution in [0.1, 0.15) is 5.56 Å². The summed E-state index contributed by atoms with van der Waals surface area (Å²) in [5, 5.41) is 12.0. The van der Waals surface area contributed by atoms with Crippen molar-refractivity contribution in [3.63, 3.8) is 0 Å². The van der Waals surface area contributed by atoms with Gasteiger partial charge in [0.25, 0.3) is 5.56 Å². The molecule has 0 fully saturated rings. The predicted octanol–water partition coefficient (Wildman–Crippen LogP) is 1.24. The van der Waals surface area contributed by atoms with Crippen LogP contribution in [0.2, 0.25) is 0 Å². The Bertz CT molecular complexity index is 580. The highest BCUT2D eigenvalue weighted by Crippen LogP contribution is 2.06. The summed E-state index contributed by atoms with van der Waals surface area (Å²) in [6.45, 7) is 0. The van der Waals surface area contributed by atoms with Crippen molar-refractivity contribution < 1.29 is 0 Å². The SMILES string of the molecule is CSc1nncc(=O)n1N=Cc1ccccc1. The van der Waals surface area contributed by atoms with Crippen LogP contribution in [-0.4, -0.2) is 27.3 Å². The van der Waals surface area contributed by atoms with Crippen LogP contribution in [0.5, 0.6) is 0 Å². The molecule has 0 atom stereocenters. The van der Waals surface area contributed by atoms with E-state index in [0.717, 1.165) is 11.8 Å². The van der Waals surface area contributed by atoms with Crippen molar-refractivity contribution >= 4 is 18.0 Å². The maximum Gasteiger partial charge on any atom is 0.293 e. The zero-order chi connectivity index (χ0) is 12.1. The highest BCUT2D eigenvalue weighted by atomic mass is 32.2. The molecule has 0 N–H and O–H groups in total. The van der Waals surface area contributed by atoms with Crippen molar-refractivity contribution in [3.8, 4) is 0 Å². The van der Waals surface area contributed by atoms with E-state index >= 15 is 0 Å². The Morgan fingerprint density at radius 2 is 2.12 bits per heavy atom. The van der Waals surface area contributed by atoms with Crippen molar-refractivity contribution in [2.75, 3.05) is 6.26 Å². The van der Waals surface area contributed by atoms with Crippen molar-refractivity contribution in [1.82, 2.24) is 14.9 Å². The fourth-order valence-electron chi connectivity index (χ4n) is 1.22. The Balaban J connectivity index is 2.36. The third kappa shape index (κ3) is 2.79. The lowest BCUT2D eigenvalue weighted by molar-refractivity contribution is 0.648. The van der Waals surface area contributed by atoms with Gasteiger partial charge in [-0.3, -0.25) is 4.79 Å². The van der Waals surface area contributed by atoms with E-state index in [1.165, 1.54) is 16.4 Å². The molecule has 0 saturated carbocycles. The molecule has 0 aliphatic carbocycles. The maximum absolute atomic E-state index is 11.6. The molecule has 0 amide bonds. The second kappa shape index (κ2) is 5.40. The van der Waals surface area contributed by atoms with Crippen LogP contribution in [0.25, 0.3) is 0 Å². The molecule has 2 rings (SSSR count). The van der Waals surface area contributed by atoms with Gasteiger partial charge in [0, 0.05) is 0 Å². The van der Waals surface area contributed by atoms with E-state index in [9.17, 15) is 4.79 Å². The summed E-state index contributed by atoms with van der Waals surface area (Å²) in [6, 6.07) is 9.55. The molecule has 0 spiro atoms. The first-order valence-electron chi connectivity index (χ1n) is 4.89. The van der Waals surface area contributed by atoms with Crippen LogP contribution in [0.4, 0.5) is 0 Å². The number of hydrogen-bond acceptors (Lipinski definition) is 5. The minimum atomic E-state index is -0.295. The van der Waals surface area contributed by atoms with Crippen molar-refractivity contribution in [1.29, 1.82) is 0 Å². The molecule has 0 unspecified atom stereocenters. The normalized spacial score (nSPS) is 10.9. The van der Waals surface area contributed by atoms with E-state index in [-0.39, 0.29) is 5.56 Å². The van der Waals surface area contributed by atoms with Gasteiger partial charge in [0.1, 0.15) is 6.20 Å². The van der Waals surface area contributed by atoms with Crippen LogP contribution < -0.4 is 5.56 Å². The summed E-state index contributed by atoms with van der Waals surface area (Å²) >= 11 is 1.32. The van der Waals surface area contributed by atoms with Crippen LogP contribution in [0.3, 0.4) is 0 Å². The summed E-state index contributed by atoms with van der Waals surface area (Å²) in [7, 11) is 0. The predicted molar refractivity (Wildman–Crippen MR) is 67.5 cm³/mol. The average molecular weight is 246 g/mol. The Morgan fingerprint density at radius 1 is 1.35 bits per heavy atom. The number of rotatable bonds is 3. The topological polar surface area (TPSA) is 60.1 Å². The minimum Gasteiger partial charge on any atom is -0.265 e. The number of aromatic nitrogens is 3. The first-order valence-corrected chi connectivity index (χ1v) is 6.12. The van der Waals surface area contributed by atoms with Gasteiger partial charge in [0.05, 0.1) is 6.21 Å². The lowest BCUT2D eigenvalue weighted by Crippen LogP contribution is -2.19. The Morgan fingerprint density at radius 3 is 2.82 bits per heavy atom. The minimum absolute atomic E-state index is 0.295. The molecule has 1 heterocycles. The molecule has 0 aliphatic rings. The van der Waals surface area contributed by atoms with Gasteiger partial charge in [-0.25, -0.2) is 0 Å². The Kier molecular flexibility index (Phi) is 3.66. The molecular weight excluding hydrogens is 236 g/mol. The summed E-state index contributed by atoms with van der Waals surface area (Å²) in [5.74, 6) is 0. The lowest BCUT2D eigenvalue weighted by atomic mass is 10.2. The number of benzene rings is 1. The van der Waals surface area contributed by atoms with E-state index < -0.39 is 0 Å². The van der Waals surface area contributed by atoms with Crippen LogP contribution in [-0.2, 0) is 0 Å². The monoisotopic (exact) mass is 246 g/mol. The number of nitrogens with zero attached hydrogens (tertiary/aromatic N) is 4.